The van der Waals surface area contributed by atoms with Crippen molar-refractivity contribution in [2.24, 2.45) is 0 Å². The topological polar surface area (TPSA) is 21.1 Å². The van der Waals surface area contributed by atoms with E-state index >= 15 is 0 Å². The van der Waals surface area contributed by atoms with Gasteiger partial charge >= 0.3 is 0 Å². The average Bonchev–Trinajstić information content (AvgIpc) is 3.10. The third-order valence-corrected chi connectivity index (χ3v) is 4.91. The van der Waals surface area contributed by atoms with Crippen molar-refractivity contribution in [3.05, 3.63) is 47.8 Å². The molecule has 4 heteroatoms. The molecule has 3 aromatic rings. The van der Waals surface area contributed by atoms with Gasteiger partial charge in [0.05, 0.1) is 10.2 Å². The van der Waals surface area contributed by atoms with E-state index in [9.17, 15) is 0 Å². The van der Waals surface area contributed by atoms with Gasteiger partial charge in [0.25, 0.3) is 0 Å². The molecule has 0 fully saturated rings. The Kier molecular flexibility index (Phi) is 4.60. The Labute approximate surface area is 136 Å². The highest BCUT2D eigenvalue weighted by atomic mass is 32.1. The van der Waals surface area contributed by atoms with Gasteiger partial charge in [0.15, 0.2) is 5.13 Å². The predicted octanol–water partition coefficient (Wildman–Crippen LogP) is 4.63. The van der Waals surface area contributed by atoms with Gasteiger partial charge in [-0.2, -0.15) is 0 Å². The third kappa shape index (κ3) is 3.23. The van der Waals surface area contributed by atoms with Crippen molar-refractivity contribution < 1.29 is 0 Å². The van der Waals surface area contributed by atoms with Crippen molar-refractivity contribution in [1.29, 1.82) is 0 Å². The largest absolute Gasteiger partial charge is 0.301 e. The smallest absolute Gasteiger partial charge is 0.194 e. The second kappa shape index (κ2) is 6.63. The average molecular weight is 313 g/mol. The maximum absolute atomic E-state index is 4.79. The monoisotopic (exact) mass is 313 g/mol. The van der Waals surface area contributed by atoms with Crippen LogP contribution in [0.1, 0.15) is 31.0 Å². The summed E-state index contributed by atoms with van der Waals surface area (Å²) in [7, 11) is 2.19. The molecule has 0 spiro atoms. The minimum absolute atomic E-state index is 0.960. The van der Waals surface area contributed by atoms with Crippen LogP contribution >= 0.6 is 11.3 Å². The Balaban J connectivity index is 1.86. The lowest BCUT2D eigenvalue weighted by molar-refractivity contribution is 0.315. The normalized spacial score (nSPS) is 11.6. The zero-order chi connectivity index (χ0) is 15.5. The van der Waals surface area contributed by atoms with Gasteiger partial charge in [-0.3, -0.25) is 4.57 Å². The van der Waals surface area contributed by atoms with Gasteiger partial charge in [-0.25, -0.2) is 4.98 Å². The van der Waals surface area contributed by atoms with E-state index in [-0.39, 0.29) is 0 Å². The number of benzene rings is 1. The van der Waals surface area contributed by atoms with Crippen LogP contribution in [0, 0.1) is 6.92 Å². The number of hydrogen-bond acceptors (Lipinski definition) is 3. The number of rotatable bonds is 6. The maximum Gasteiger partial charge on any atom is 0.194 e. The van der Waals surface area contributed by atoms with Gasteiger partial charge in [0.2, 0.25) is 0 Å². The number of aromatic nitrogens is 2. The van der Waals surface area contributed by atoms with Crippen LogP contribution in [0.25, 0.3) is 15.3 Å². The summed E-state index contributed by atoms with van der Waals surface area (Å²) in [4.78, 5) is 7.17. The van der Waals surface area contributed by atoms with E-state index in [4.69, 9.17) is 4.98 Å². The second-order valence-electron chi connectivity index (χ2n) is 5.93. The number of aryl methyl sites for hydroxylation is 1. The van der Waals surface area contributed by atoms with Crippen LogP contribution in [0.4, 0.5) is 0 Å². The van der Waals surface area contributed by atoms with Crippen molar-refractivity contribution in [3.63, 3.8) is 0 Å². The molecule has 0 unspecified atom stereocenters. The first kappa shape index (κ1) is 15.3. The summed E-state index contributed by atoms with van der Waals surface area (Å²) < 4.78 is 3.48. The van der Waals surface area contributed by atoms with Crippen molar-refractivity contribution in [3.8, 4) is 5.13 Å². The van der Waals surface area contributed by atoms with Crippen LogP contribution in [0.2, 0.25) is 0 Å². The van der Waals surface area contributed by atoms with E-state index in [0.29, 0.717) is 0 Å². The Bertz CT molecular complexity index is 757. The highest BCUT2D eigenvalue weighted by Gasteiger charge is 2.10. The molecule has 0 bridgehead atoms. The molecule has 0 aliphatic heterocycles. The molecule has 0 amide bonds. The van der Waals surface area contributed by atoms with Gasteiger partial charge < -0.3 is 4.90 Å². The summed E-state index contributed by atoms with van der Waals surface area (Å²) in [5.74, 6) is 0. The molecule has 0 aliphatic rings. The first-order chi connectivity index (χ1) is 10.7. The fourth-order valence-corrected chi connectivity index (χ4v) is 3.72. The van der Waals surface area contributed by atoms with Crippen molar-refractivity contribution in [2.45, 2.75) is 33.2 Å². The van der Waals surface area contributed by atoms with Crippen molar-refractivity contribution in [2.75, 3.05) is 13.6 Å². The first-order valence-corrected chi connectivity index (χ1v) is 8.71. The number of fused-ring (bicyclic) bond motifs is 1. The predicted molar refractivity (Wildman–Crippen MR) is 94.9 cm³/mol. The van der Waals surface area contributed by atoms with Crippen LogP contribution in [0.3, 0.4) is 0 Å². The molecule has 3 nitrogen and oxygen atoms in total. The van der Waals surface area contributed by atoms with Crippen LogP contribution < -0.4 is 0 Å². The summed E-state index contributed by atoms with van der Waals surface area (Å²) in [6.07, 6.45) is 4.60. The molecule has 116 valence electrons. The molecular formula is C18H23N3S. The fourth-order valence-electron chi connectivity index (χ4n) is 2.64. The molecule has 2 heterocycles. The lowest BCUT2D eigenvalue weighted by Crippen LogP contribution is -2.20. The lowest BCUT2D eigenvalue weighted by Gasteiger charge is -2.16. The molecule has 0 saturated heterocycles. The van der Waals surface area contributed by atoms with Gasteiger partial charge in [-0.05, 0) is 56.8 Å². The molecule has 0 saturated carbocycles. The molecule has 3 rings (SSSR count). The Hall–Kier alpha value is -1.65. The van der Waals surface area contributed by atoms with E-state index in [2.05, 4.69) is 66.9 Å². The molecule has 2 aromatic heterocycles. The summed E-state index contributed by atoms with van der Waals surface area (Å²) in [6, 6.07) is 10.8. The highest BCUT2D eigenvalue weighted by molar-refractivity contribution is 7.20. The van der Waals surface area contributed by atoms with Crippen LogP contribution in [-0.4, -0.2) is 28.0 Å². The summed E-state index contributed by atoms with van der Waals surface area (Å²) >= 11 is 1.76. The Morgan fingerprint density at radius 1 is 1.27 bits per heavy atom. The minimum atomic E-state index is 0.960. The van der Waals surface area contributed by atoms with Gasteiger partial charge in [-0.15, -0.1) is 0 Å². The SMILES string of the molecule is CCCCN(C)Cc1cccn1-c1nc2ccc(C)cc2s1. The van der Waals surface area contributed by atoms with E-state index in [1.807, 2.05) is 0 Å². The Morgan fingerprint density at radius 2 is 2.14 bits per heavy atom. The van der Waals surface area contributed by atoms with Gasteiger partial charge in [0.1, 0.15) is 0 Å². The van der Waals surface area contributed by atoms with Crippen LogP contribution in [0.15, 0.2) is 36.5 Å². The molecule has 0 radical (unpaired) electrons. The zero-order valence-corrected chi connectivity index (χ0v) is 14.4. The number of nitrogens with zero attached hydrogens (tertiary/aromatic N) is 3. The maximum atomic E-state index is 4.79. The number of hydrogen-bond donors (Lipinski definition) is 0. The highest BCUT2D eigenvalue weighted by Crippen LogP contribution is 2.27. The van der Waals surface area contributed by atoms with Gasteiger partial charge in [-0.1, -0.05) is 30.7 Å². The van der Waals surface area contributed by atoms with Gasteiger partial charge in [0, 0.05) is 18.4 Å². The van der Waals surface area contributed by atoms with E-state index in [0.717, 1.165) is 23.7 Å². The summed E-state index contributed by atoms with van der Waals surface area (Å²) in [5.41, 5.74) is 3.67. The quantitative estimate of drug-likeness (QED) is 0.661. The Morgan fingerprint density at radius 3 is 2.95 bits per heavy atom. The van der Waals surface area contributed by atoms with E-state index < -0.39 is 0 Å². The van der Waals surface area contributed by atoms with Crippen molar-refractivity contribution >= 4 is 21.6 Å². The van der Waals surface area contributed by atoms with E-state index in [1.54, 1.807) is 11.3 Å². The molecular weight excluding hydrogens is 290 g/mol. The molecule has 0 atom stereocenters. The number of unbranched alkanes of at least 4 members (excludes halogenated alkanes) is 1. The first-order valence-electron chi connectivity index (χ1n) is 7.89. The summed E-state index contributed by atoms with van der Waals surface area (Å²) in [6.45, 7) is 6.46. The van der Waals surface area contributed by atoms with E-state index in [1.165, 1.54) is 28.8 Å². The molecule has 1 aromatic carbocycles. The molecule has 0 aliphatic carbocycles. The van der Waals surface area contributed by atoms with Crippen LogP contribution in [-0.2, 0) is 6.54 Å². The minimum Gasteiger partial charge on any atom is -0.301 e. The van der Waals surface area contributed by atoms with Crippen molar-refractivity contribution in [1.82, 2.24) is 14.5 Å². The lowest BCUT2D eigenvalue weighted by atomic mass is 10.2. The second-order valence-corrected chi connectivity index (χ2v) is 6.94. The third-order valence-electron chi connectivity index (χ3n) is 3.90. The number of thiazole rings is 1. The molecule has 0 N–H and O–H groups in total. The standard InChI is InChI=1S/C18H23N3S/c1-4-5-10-20(3)13-15-7-6-11-21(15)18-19-16-9-8-14(2)12-17(16)22-18/h6-9,11-12H,4-5,10,13H2,1-3H3. The fraction of sp³-hybridized carbons (Fsp3) is 0.389. The molecule has 22 heavy (non-hydrogen) atoms. The van der Waals surface area contributed by atoms with Crippen LogP contribution in [0.5, 0.6) is 0 Å². The zero-order valence-electron chi connectivity index (χ0n) is 13.5. The summed E-state index contributed by atoms with van der Waals surface area (Å²) in [5, 5.41) is 1.06.